The van der Waals surface area contributed by atoms with Crippen molar-refractivity contribution in [1.82, 2.24) is 15.1 Å². The van der Waals surface area contributed by atoms with Crippen molar-refractivity contribution in [3.63, 3.8) is 0 Å². The van der Waals surface area contributed by atoms with Gasteiger partial charge in [0.1, 0.15) is 0 Å². The Bertz CT molecular complexity index is 739. The number of hydrogen-bond donors (Lipinski definition) is 1. The van der Waals surface area contributed by atoms with Crippen molar-refractivity contribution < 1.29 is 9.59 Å². The summed E-state index contributed by atoms with van der Waals surface area (Å²) >= 11 is 2.04. The SMILES string of the molecule is Cc1ccc(C(=O)N2CCCC(C(=O)NCC3(N4CCSCC4)CCCC3)C2)cc1. The highest BCUT2D eigenvalue weighted by Gasteiger charge is 2.40. The fourth-order valence-electron chi connectivity index (χ4n) is 5.33. The van der Waals surface area contributed by atoms with Gasteiger partial charge in [-0.1, -0.05) is 30.5 Å². The minimum Gasteiger partial charge on any atom is -0.354 e. The molecule has 1 N–H and O–H groups in total. The van der Waals surface area contributed by atoms with Crippen LogP contribution in [0.15, 0.2) is 24.3 Å². The number of amides is 2. The number of rotatable bonds is 5. The van der Waals surface area contributed by atoms with Crippen molar-refractivity contribution in [1.29, 1.82) is 0 Å². The zero-order valence-corrected chi connectivity index (χ0v) is 19.0. The second-order valence-corrected chi connectivity index (χ2v) is 10.4. The lowest BCUT2D eigenvalue weighted by atomic mass is 9.92. The third-order valence-electron chi connectivity index (χ3n) is 7.19. The molecule has 1 aliphatic carbocycles. The number of carbonyl (C=O) groups is 2. The molecule has 0 bridgehead atoms. The van der Waals surface area contributed by atoms with Crippen LogP contribution in [0.1, 0.15) is 54.4 Å². The molecule has 164 valence electrons. The van der Waals surface area contributed by atoms with E-state index in [1.54, 1.807) is 0 Å². The number of benzene rings is 1. The summed E-state index contributed by atoms with van der Waals surface area (Å²) in [7, 11) is 0. The highest BCUT2D eigenvalue weighted by Crippen LogP contribution is 2.36. The molecule has 5 nitrogen and oxygen atoms in total. The van der Waals surface area contributed by atoms with Gasteiger partial charge in [0.15, 0.2) is 0 Å². The average molecular weight is 430 g/mol. The van der Waals surface area contributed by atoms with E-state index in [-0.39, 0.29) is 23.3 Å². The molecule has 1 aromatic carbocycles. The van der Waals surface area contributed by atoms with Gasteiger partial charge in [-0.15, -0.1) is 0 Å². The van der Waals surface area contributed by atoms with Gasteiger partial charge in [-0.05, 0) is 44.7 Å². The molecular formula is C24H35N3O2S. The van der Waals surface area contributed by atoms with E-state index in [9.17, 15) is 9.59 Å². The van der Waals surface area contributed by atoms with Crippen molar-refractivity contribution in [3.8, 4) is 0 Å². The van der Waals surface area contributed by atoms with E-state index in [2.05, 4.69) is 10.2 Å². The van der Waals surface area contributed by atoms with E-state index in [1.807, 2.05) is 47.9 Å². The monoisotopic (exact) mass is 429 g/mol. The lowest BCUT2D eigenvalue weighted by Crippen LogP contribution is -2.57. The molecule has 0 radical (unpaired) electrons. The third kappa shape index (κ3) is 4.86. The van der Waals surface area contributed by atoms with Crippen LogP contribution >= 0.6 is 11.8 Å². The molecule has 2 heterocycles. The lowest BCUT2D eigenvalue weighted by molar-refractivity contribution is -0.127. The van der Waals surface area contributed by atoms with E-state index in [0.29, 0.717) is 6.54 Å². The van der Waals surface area contributed by atoms with Gasteiger partial charge >= 0.3 is 0 Å². The van der Waals surface area contributed by atoms with E-state index in [4.69, 9.17) is 0 Å². The van der Waals surface area contributed by atoms with Crippen LogP contribution < -0.4 is 5.32 Å². The van der Waals surface area contributed by atoms with E-state index in [1.165, 1.54) is 37.2 Å². The first kappa shape index (κ1) is 21.7. The van der Waals surface area contributed by atoms with Crippen molar-refractivity contribution in [3.05, 3.63) is 35.4 Å². The Labute approximate surface area is 184 Å². The van der Waals surface area contributed by atoms with Crippen molar-refractivity contribution in [2.24, 2.45) is 5.92 Å². The molecular weight excluding hydrogens is 394 g/mol. The lowest BCUT2D eigenvalue weighted by Gasteiger charge is -2.44. The molecule has 2 saturated heterocycles. The first-order valence-electron chi connectivity index (χ1n) is 11.5. The highest BCUT2D eigenvalue weighted by atomic mass is 32.2. The molecule has 4 rings (SSSR count). The zero-order valence-electron chi connectivity index (χ0n) is 18.2. The van der Waals surface area contributed by atoms with Gasteiger partial charge in [0, 0.05) is 55.3 Å². The predicted octanol–water partition coefficient (Wildman–Crippen LogP) is 3.33. The maximum atomic E-state index is 13.1. The number of nitrogens with one attached hydrogen (secondary N) is 1. The molecule has 6 heteroatoms. The minimum atomic E-state index is -0.0940. The summed E-state index contributed by atoms with van der Waals surface area (Å²) in [6, 6.07) is 7.73. The average Bonchev–Trinajstić information content (AvgIpc) is 3.28. The first-order valence-corrected chi connectivity index (χ1v) is 12.7. The summed E-state index contributed by atoms with van der Waals surface area (Å²) in [5.74, 6) is 2.49. The first-order chi connectivity index (χ1) is 14.6. The molecule has 1 atom stereocenters. The molecule has 3 fully saturated rings. The standard InChI is InChI=1S/C24H35N3O2S/c1-19-6-8-20(9-7-19)23(29)26-12-4-5-21(17-26)22(28)25-18-24(10-2-3-11-24)27-13-15-30-16-14-27/h6-9,21H,2-5,10-18H2,1H3,(H,25,28). The molecule has 1 saturated carbocycles. The summed E-state index contributed by atoms with van der Waals surface area (Å²) in [6.07, 6.45) is 6.69. The van der Waals surface area contributed by atoms with Crippen LogP contribution in [-0.4, -0.2) is 71.4 Å². The number of piperidine rings is 1. The van der Waals surface area contributed by atoms with Gasteiger partial charge in [-0.25, -0.2) is 0 Å². The van der Waals surface area contributed by atoms with Crippen molar-refractivity contribution in [2.75, 3.05) is 44.2 Å². The van der Waals surface area contributed by atoms with Gasteiger partial charge < -0.3 is 10.2 Å². The second kappa shape index (κ2) is 9.73. The fourth-order valence-corrected chi connectivity index (χ4v) is 6.23. The van der Waals surface area contributed by atoms with Crippen LogP contribution in [0.2, 0.25) is 0 Å². The van der Waals surface area contributed by atoms with Crippen LogP contribution in [0.4, 0.5) is 0 Å². The van der Waals surface area contributed by atoms with Crippen LogP contribution in [0.5, 0.6) is 0 Å². The second-order valence-electron chi connectivity index (χ2n) is 9.21. The molecule has 2 aliphatic heterocycles. The van der Waals surface area contributed by atoms with Gasteiger partial charge in [0.2, 0.25) is 5.91 Å². The normalized spacial score (nSPS) is 24.6. The highest BCUT2D eigenvalue weighted by molar-refractivity contribution is 7.99. The number of thioether (sulfide) groups is 1. The molecule has 0 spiro atoms. The van der Waals surface area contributed by atoms with Crippen molar-refractivity contribution >= 4 is 23.6 Å². The molecule has 0 aromatic heterocycles. The summed E-state index contributed by atoms with van der Waals surface area (Å²) in [5.41, 5.74) is 2.02. The van der Waals surface area contributed by atoms with Crippen molar-refractivity contribution in [2.45, 2.75) is 51.0 Å². The quantitative estimate of drug-likeness (QED) is 0.780. The number of carbonyl (C=O) groups excluding carboxylic acids is 2. The maximum absolute atomic E-state index is 13.1. The molecule has 3 aliphatic rings. The van der Waals surface area contributed by atoms with Gasteiger partial charge in [0.25, 0.3) is 5.91 Å². The smallest absolute Gasteiger partial charge is 0.253 e. The van der Waals surface area contributed by atoms with E-state index < -0.39 is 0 Å². The summed E-state index contributed by atoms with van der Waals surface area (Å²) in [4.78, 5) is 30.5. The van der Waals surface area contributed by atoms with Crippen LogP contribution in [0, 0.1) is 12.8 Å². The number of aryl methyl sites for hydroxylation is 1. The molecule has 30 heavy (non-hydrogen) atoms. The molecule has 1 aromatic rings. The molecule has 1 unspecified atom stereocenters. The van der Waals surface area contributed by atoms with Crippen LogP contribution in [0.25, 0.3) is 0 Å². The van der Waals surface area contributed by atoms with Gasteiger partial charge in [-0.3, -0.25) is 14.5 Å². The van der Waals surface area contributed by atoms with Gasteiger partial charge in [0.05, 0.1) is 5.92 Å². The molecule has 2 amide bonds. The Hall–Kier alpha value is -1.53. The zero-order chi connectivity index (χ0) is 21.0. The Morgan fingerprint density at radius 2 is 1.77 bits per heavy atom. The number of nitrogens with zero attached hydrogens (tertiary/aromatic N) is 2. The fraction of sp³-hybridized carbons (Fsp3) is 0.667. The Morgan fingerprint density at radius 3 is 2.47 bits per heavy atom. The summed E-state index contributed by atoms with van der Waals surface area (Å²) in [5, 5.41) is 3.31. The number of likely N-dealkylation sites (tertiary alicyclic amines) is 1. The summed E-state index contributed by atoms with van der Waals surface area (Å²) in [6.45, 7) is 6.34. The minimum absolute atomic E-state index is 0.0468. The summed E-state index contributed by atoms with van der Waals surface area (Å²) < 4.78 is 0. The van der Waals surface area contributed by atoms with Gasteiger partial charge in [-0.2, -0.15) is 11.8 Å². The Morgan fingerprint density at radius 1 is 1.07 bits per heavy atom. The maximum Gasteiger partial charge on any atom is 0.253 e. The third-order valence-corrected chi connectivity index (χ3v) is 8.13. The Kier molecular flexibility index (Phi) is 7.04. The topological polar surface area (TPSA) is 52.7 Å². The largest absolute Gasteiger partial charge is 0.354 e. The van der Waals surface area contributed by atoms with E-state index in [0.717, 1.165) is 50.1 Å². The van der Waals surface area contributed by atoms with Crippen LogP contribution in [0.3, 0.4) is 0 Å². The Balaban J connectivity index is 1.34. The number of hydrogen-bond acceptors (Lipinski definition) is 4. The van der Waals surface area contributed by atoms with E-state index >= 15 is 0 Å². The van der Waals surface area contributed by atoms with Crippen LogP contribution in [-0.2, 0) is 4.79 Å². The predicted molar refractivity (Wildman–Crippen MR) is 123 cm³/mol.